The number of aromatic nitrogens is 1. The second kappa shape index (κ2) is 13.6. The molecule has 0 spiro atoms. The largest absolute Gasteiger partial charge is 0.506 e. The summed E-state index contributed by atoms with van der Waals surface area (Å²) in [6, 6.07) is 6.91. The summed E-state index contributed by atoms with van der Waals surface area (Å²) < 4.78 is 1.48. The zero-order valence-electron chi connectivity index (χ0n) is 19.4. The smallest absolute Gasteiger partial charge is 0.279 e. The molecule has 1 aromatic carbocycles. The molecule has 0 aliphatic heterocycles. The van der Waals surface area contributed by atoms with Crippen LogP contribution >= 0.6 is 0 Å². The van der Waals surface area contributed by atoms with Gasteiger partial charge in [0.25, 0.3) is 11.5 Å². The Labute approximate surface area is 190 Å². The number of aryl methyl sites for hydroxylation is 1. The lowest BCUT2D eigenvalue weighted by atomic mass is 10.1. The number of fused-ring (bicyclic) bond motifs is 1. The lowest BCUT2D eigenvalue weighted by molar-refractivity contribution is -0.122. The zero-order chi connectivity index (χ0) is 23.3. The van der Waals surface area contributed by atoms with Gasteiger partial charge >= 0.3 is 0 Å². The van der Waals surface area contributed by atoms with Gasteiger partial charge in [0.05, 0.1) is 5.52 Å². The molecule has 0 fully saturated rings. The number of para-hydroxylation sites is 1. The van der Waals surface area contributed by atoms with Gasteiger partial charge in [-0.05, 0) is 25.0 Å². The molecule has 1 heterocycles. The first-order valence-electron chi connectivity index (χ1n) is 11.9. The molecule has 7 heteroatoms. The van der Waals surface area contributed by atoms with E-state index in [9.17, 15) is 19.5 Å². The number of hydrogen-bond acceptors (Lipinski definition) is 4. The minimum atomic E-state index is -0.816. The fraction of sp³-hybridized carbons (Fsp3) is 0.560. The first kappa shape index (κ1) is 25.4. The number of nitrogens with zero attached hydrogens (tertiary/aromatic N) is 1. The number of rotatable bonds is 13. The van der Waals surface area contributed by atoms with E-state index < -0.39 is 11.5 Å². The van der Waals surface area contributed by atoms with Crippen molar-refractivity contribution in [2.24, 2.45) is 0 Å². The SMILES string of the molecule is CCCCCCCCCCCC(=O)NNC(=O)c1c(O)c2ccccc2n(CCC)c1=O. The molecule has 0 atom stereocenters. The number of unbranched alkanes of at least 4 members (excludes halogenated alkanes) is 8. The Bertz CT molecular complexity index is 952. The molecule has 0 unspecified atom stereocenters. The van der Waals surface area contributed by atoms with Crippen LogP contribution in [0.3, 0.4) is 0 Å². The van der Waals surface area contributed by atoms with Gasteiger partial charge in [-0.2, -0.15) is 0 Å². The van der Waals surface area contributed by atoms with Crippen LogP contribution in [0.1, 0.15) is 94.8 Å². The normalized spacial score (nSPS) is 10.9. The topological polar surface area (TPSA) is 100 Å². The minimum absolute atomic E-state index is 0.305. The quantitative estimate of drug-likeness (QED) is 0.306. The van der Waals surface area contributed by atoms with Crippen molar-refractivity contribution in [1.29, 1.82) is 0 Å². The number of nitrogens with one attached hydrogen (secondary N) is 2. The van der Waals surface area contributed by atoms with Crippen LogP contribution in [0.5, 0.6) is 5.75 Å². The number of hydrogen-bond donors (Lipinski definition) is 3. The van der Waals surface area contributed by atoms with Gasteiger partial charge in [0, 0.05) is 18.4 Å². The van der Waals surface area contributed by atoms with Crippen LogP contribution in [0.25, 0.3) is 10.9 Å². The molecule has 0 bridgehead atoms. The van der Waals surface area contributed by atoms with Crippen LogP contribution in [0.4, 0.5) is 0 Å². The van der Waals surface area contributed by atoms with E-state index in [0.29, 0.717) is 30.3 Å². The molecule has 176 valence electrons. The van der Waals surface area contributed by atoms with Crippen molar-refractivity contribution >= 4 is 22.7 Å². The molecular formula is C25H37N3O4. The number of pyridine rings is 1. The number of carbonyl (C=O) groups excluding carboxylic acids is 2. The Hall–Kier alpha value is -2.83. The van der Waals surface area contributed by atoms with E-state index in [0.717, 1.165) is 19.3 Å². The Morgan fingerprint density at radius 1 is 0.875 bits per heavy atom. The third-order valence-corrected chi connectivity index (χ3v) is 5.64. The Morgan fingerprint density at radius 3 is 2.16 bits per heavy atom. The van der Waals surface area contributed by atoms with Gasteiger partial charge < -0.3 is 9.67 Å². The predicted molar refractivity (Wildman–Crippen MR) is 128 cm³/mol. The molecule has 2 rings (SSSR count). The average Bonchev–Trinajstić information content (AvgIpc) is 2.79. The highest BCUT2D eigenvalue weighted by molar-refractivity contribution is 6.02. The highest BCUT2D eigenvalue weighted by Gasteiger charge is 2.22. The van der Waals surface area contributed by atoms with Crippen molar-refractivity contribution in [2.75, 3.05) is 0 Å². The first-order valence-corrected chi connectivity index (χ1v) is 11.9. The van der Waals surface area contributed by atoms with E-state index in [4.69, 9.17) is 0 Å². The fourth-order valence-electron chi connectivity index (χ4n) is 3.89. The van der Waals surface area contributed by atoms with E-state index in [2.05, 4.69) is 17.8 Å². The van der Waals surface area contributed by atoms with E-state index in [1.54, 1.807) is 24.3 Å². The van der Waals surface area contributed by atoms with Crippen LogP contribution in [0, 0.1) is 0 Å². The highest BCUT2D eigenvalue weighted by atomic mass is 16.3. The number of amides is 2. The summed E-state index contributed by atoms with van der Waals surface area (Å²) >= 11 is 0. The summed E-state index contributed by atoms with van der Waals surface area (Å²) in [4.78, 5) is 37.5. The van der Waals surface area contributed by atoms with Crippen LogP contribution in [0.15, 0.2) is 29.1 Å². The molecular weight excluding hydrogens is 406 g/mol. The number of aromatic hydroxyl groups is 1. The van der Waals surface area contributed by atoms with E-state index in [-0.39, 0.29) is 17.2 Å². The standard InChI is InChI=1S/C25H37N3O4/c1-3-5-6-7-8-9-10-11-12-17-21(29)26-27-24(31)22-23(30)19-15-13-14-16-20(19)28(18-4-2)25(22)32/h13-16,30H,3-12,17-18H2,1-2H3,(H,26,29)(H,27,31). The Kier molecular flexibility index (Phi) is 10.8. The van der Waals surface area contributed by atoms with Gasteiger partial charge in [-0.1, -0.05) is 77.3 Å². The van der Waals surface area contributed by atoms with Gasteiger partial charge in [-0.3, -0.25) is 25.2 Å². The van der Waals surface area contributed by atoms with Crippen molar-refractivity contribution in [3.8, 4) is 5.75 Å². The highest BCUT2D eigenvalue weighted by Crippen LogP contribution is 2.26. The number of carbonyl (C=O) groups is 2. The third-order valence-electron chi connectivity index (χ3n) is 5.64. The van der Waals surface area contributed by atoms with Gasteiger partial charge in [-0.25, -0.2) is 0 Å². The number of hydrazine groups is 1. The monoisotopic (exact) mass is 443 g/mol. The van der Waals surface area contributed by atoms with Crippen molar-refractivity contribution in [3.05, 3.63) is 40.2 Å². The molecule has 3 N–H and O–H groups in total. The molecule has 1 aromatic heterocycles. The second-order valence-corrected chi connectivity index (χ2v) is 8.28. The summed E-state index contributed by atoms with van der Waals surface area (Å²) in [5.74, 6) is -1.50. The Balaban J connectivity index is 1.86. The summed E-state index contributed by atoms with van der Waals surface area (Å²) in [6.07, 6.45) is 11.4. The lowest BCUT2D eigenvalue weighted by Gasteiger charge is -2.14. The van der Waals surface area contributed by atoms with Crippen LogP contribution < -0.4 is 16.4 Å². The first-order chi connectivity index (χ1) is 15.5. The maximum Gasteiger partial charge on any atom is 0.279 e. The van der Waals surface area contributed by atoms with Gasteiger partial charge in [-0.15, -0.1) is 0 Å². The molecule has 0 saturated carbocycles. The van der Waals surface area contributed by atoms with Crippen LogP contribution in [-0.2, 0) is 11.3 Å². The summed E-state index contributed by atoms with van der Waals surface area (Å²) in [5.41, 5.74) is 4.28. The molecule has 7 nitrogen and oxygen atoms in total. The fourth-order valence-corrected chi connectivity index (χ4v) is 3.89. The van der Waals surface area contributed by atoms with Crippen molar-refractivity contribution < 1.29 is 14.7 Å². The van der Waals surface area contributed by atoms with Crippen molar-refractivity contribution in [2.45, 2.75) is 91.0 Å². The maximum atomic E-state index is 12.9. The van der Waals surface area contributed by atoms with Gasteiger partial charge in [0.15, 0.2) is 0 Å². The van der Waals surface area contributed by atoms with Crippen LogP contribution in [-0.4, -0.2) is 21.5 Å². The Morgan fingerprint density at radius 2 is 1.50 bits per heavy atom. The zero-order valence-corrected chi connectivity index (χ0v) is 19.4. The van der Waals surface area contributed by atoms with E-state index in [1.165, 1.54) is 43.1 Å². The van der Waals surface area contributed by atoms with Crippen molar-refractivity contribution in [3.63, 3.8) is 0 Å². The second-order valence-electron chi connectivity index (χ2n) is 8.28. The van der Waals surface area contributed by atoms with Crippen LogP contribution in [0.2, 0.25) is 0 Å². The molecule has 2 aromatic rings. The third kappa shape index (κ3) is 7.11. The van der Waals surface area contributed by atoms with Gasteiger partial charge in [0.1, 0.15) is 11.3 Å². The molecule has 32 heavy (non-hydrogen) atoms. The summed E-state index contributed by atoms with van der Waals surface area (Å²) in [6.45, 7) is 4.56. The molecule has 0 radical (unpaired) electrons. The van der Waals surface area contributed by atoms with Gasteiger partial charge in [0.2, 0.25) is 5.91 Å². The molecule has 0 aliphatic carbocycles. The average molecular weight is 444 g/mol. The maximum absolute atomic E-state index is 12.9. The molecule has 0 saturated heterocycles. The van der Waals surface area contributed by atoms with E-state index in [1.807, 2.05) is 6.92 Å². The lowest BCUT2D eigenvalue weighted by Crippen LogP contribution is -2.44. The van der Waals surface area contributed by atoms with E-state index >= 15 is 0 Å². The van der Waals surface area contributed by atoms with Crippen molar-refractivity contribution in [1.82, 2.24) is 15.4 Å². The summed E-state index contributed by atoms with van der Waals surface area (Å²) in [7, 11) is 0. The summed E-state index contributed by atoms with van der Waals surface area (Å²) in [5, 5.41) is 11.0. The molecule has 0 aliphatic rings. The predicted octanol–water partition coefficient (Wildman–Crippen LogP) is 4.80. The minimum Gasteiger partial charge on any atom is -0.506 e. The molecule has 2 amide bonds. The number of benzene rings is 1.